The molecule has 5 heteroatoms. The van der Waals surface area contributed by atoms with E-state index in [0.29, 0.717) is 16.8 Å². The second kappa shape index (κ2) is 4.68. The van der Waals surface area contributed by atoms with Crippen LogP contribution in [0.1, 0.15) is 21.5 Å². The molecule has 1 amide bonds. The zero-order valence-electron chi connectivity index (χ0n) is 11.7. The van der Waals surface area contributed by atoms with Crippen LogP contribution >= 0.6 is 0 Å². The van der Waals surface area contributed by atoms with Crippen LogP contribution in [0.4, 0.5) is 11.4 Å². The Morgan fingerprint density at radius 3 is 2.91 bits per heavy atom. The number of phenols is 1. The van der Waals surface area contributed by atoms with E-state index in [0.717, 1.165) is 17.7 Å². The number of carbonyl (C=O) groups excluding carboxylic acids is 1. The fraction of sp³-hybridized carbons (Fsp3) is 0.176. The molecule has 0 saturated carbocycles. The third-order valence-corrected chi connectivity index (χ3v) is 4.21. The van der Waals surface area contributed by atoms with Gasteiger partial charge in [-0.25, -0.2) is 0 Å². The lowest BCUT2D eigenvalue weighted by atomic mass is 10.1. The summed E-state index contributed by atoms with van der Waals surface area (Å²) in [4.78, 5) is 19.1. The van der Waals surface area contributed by atoms with Crippen LogP contribution in [0.25, 0.3) is 0 Å². The zero-order chi connectivity index (χ0) is 15.3. The summed E-state index contributed by atoms with van der Waals surface area (Å²) in [7, 11) is 0. The smallest absolute Gasteiger partial charge is 0.261 e. The minimum absolute atomic E-state index is 0.0475. The molecule has 0 saturated heterocycles. The average molecular weight is 294 g/mol. The number of anilines is 1. The molecule has 2 aromatic carbocycles. The van der Waals surface area contributed by atoms with Gasteiger partial charge in [0.25, 0.3) is 5.91 Å². The van der Waals surface area contributed by atoms with Crippen molar-refractivity contribution in [3.8, 4) is 5.75 Å². The maximum atomic E-state index is 12.9. The molecule has 4 rings (SSSR count). The van der Waals surface area contributed by atoms with Crippen molar-refractivity contribution in [1.29, 1.82) is 0 Å². The van der Waals surface area contributed by atoms with Crippen molar-refractivity contribution in [3.05, 3.63) is 53.1 Å². The van der Waals surface area contributed by atoms with E-state index >= 15 is 0 Å². The van der Waals surface area contributed by atoms with Gasteiger partial charge in [-0.2, -0.15) is 0 Å². The van der Waals surface area contributed by atoms with E-state index in [4.69, 9.17) is 0 Å². The van der Waals surface area contributed by atoms with Gasteiger partial charge in [-0.05, 0) is 17.7 Å². The van der Waals surface area contributed by atoms with Gasteiger partial charge in [-0.3, -0.25) is 14.7 Å². The number of fused-ring (bicyclic) bond motifs is 4. The van der Waals surface area contributed by atoms with Crippen LogP contribution < -0.4 is 4.90 Å². The average Bonchev–Trinajstić information content (AvgIpc) is 2.84. The highest BCUT2D eigenvalue weighted by atomic mass is 16.3. The van der Waals surface area contributed by atoms with Crippen LogP contribution in [0.2, 0.25) is 0 Å². The quantitative estimate of drug-likeness (QED) is 0.846. The molecule has 2 aromatic rings. The molecule has 0 bridgehead atoms. The summed E-state index contributed by atoms with van der Waals surface area (Å²) >= 11 is 0. The number of rotatable bonds is 1. The van der Waals surface area contributed by atoms with Crippen LogP contribution in [0, 0.1) is 0 Å². The molecule has 0 fully saturated rings. The highest BCUT2D eigenvalue weighted by Crippen LogP contribution is 2.38. The van der Waals surface area contributed by atoms with Crippen LogP contribution in [-0.4, -0.2) is 28.4 Å². The summed E-state index contributed by atoms with van der Waals surface area (Å²) in [6.45, 7) is -0.323. The number of benzene rings is 2. The largest absolute Gasteiger partial charge is 0.508 e. The monoisotopic (exact) mass is 294 g/mol. The first-order valence-electron chi connectivity index (χ1n) is 7.11. The second-order valence-corrected chi connectivity index (χ2v) is 5.51. The minimum Gasteiger partial charge on any atom is -0.508 e. The molecule has 2 aliphatic heterocycles. The predicted molar refractivity (Wildman–Crippen MR) is 82.9 cm³/mol. The molecule has 0 aliphatic carbocycles. The molecule has 5 nitrogen and oxygen atoms in total. The Bertz CT molecular complexity index is 814. The van der Waals surface area contributed by atoms with E-state index in [1.807, 2.05) is 24.3 Å². The number of carbonyl (C=O) groups is 1. The highest BCUT2D eigenvalue weighted by Gasteiger charge is 2.36. The van der Waals surface area contributed by atoms with E-state index < -0.39 is 0 Å². The summed E-state index contributed by atoms with van der Waals surface area (Å²) < 4.78 is 0. The Kier molecular flexibility index (Phi) is 2.77. The Morgan fingerprint density at radius 2 is 2.09 bits per heavy atom. The number of para-hydroxylation sites is 1. The molecule has 0 spiro atoms. The first-order chi connectivity index (χ1) is 10.7. The summed E-state index contributed by atoms with van der Waals surface area (Å²) in [6, 6.07) is 10.7. The molecule has 2 heterocycles. The molecule has 1 atom stereocenters. The van der Waals surface area contributed by atoms with Gasteiger partial charge >= 0.3 is 0 Å². The van der Waals surface area contributed by atoms with Gasteiger partial charge in [0.2, 0.25) is 0 Å². The molecule has 0 aromatic heterocycles. The third-order valence-electron chi connectivity index (χ3n) is 4.21. The topological polar surface area (TPSA) is 73.1 Å². The standard InChI is InChI=1S/C17H14N2O3/c20-9-11-6-13-14(7-16(11)21)18-8-12-5-10-3-1-2-4-15(10)19(12)17(13)22/h1-4,6-8,12,20-21H,5,9H2. The van der Waals surface area contributed by atoms with Gasteiger partial charge in [-0.15, -0.1) is 0 Å². The number of aromatic hydroxyl groups is 1. The Labute approximate surface area is 127 Å². The fourth-order valence-electron chi connectivity index (χ4n) is 3.12. The molecule has 2 N–H and O–H groups in total. The fourth-order valence-corrected chi connectivity index (χ4v) is 3.12. The SMILES string of the molecule is O=C1c2cc(CO)c(O)cc2N=CC2Cc3ccccc3N12. The van der Waals surface area contributed by atoms with E-state index in [1.165, 1.54) is 12.1 Å². The molecule has 2 aliphatic rings. The van der Waals surface area contributed by atoms with Crippen molar-refractivity contribution in [2.24, 2.45) is 4.99 Å². The second-order valence-electron chi connectivity index (χ2n) is 5.51. The summed E-state index contributed by atoms with van der Waals surface area (Å²) in [6.07, 6.45) is 2.49. The van der Waals surface area contributed by atoms with Crippen LogP contribution in [0.15, 0.2) is 41.4 Å². The van der Waals surface area contributed by atoms with Gasteiger partial charge in [0, 0.05) is 30.0 Å². The Morgan fingerprint density at radius 1 is 1.27 bits per heavy atom. The van der Waals surface area contributed by atoms with Crippen molar-refractivity contribution in [2.45, 2.75) is 19.1 Å². The molecular weight excluding hydrogens is 280 g/mol. The van der Waals surface area contributed by atoms with E-state index in [9.17, 15) is 15.0 Å². The highest BCUT2D eigenvalue weighted by molar-refractivity contribution is 6.14. The number of hydrogen-bond acceptors (Lipinski definition) is 4. The molecule has 1 unspecified atom stereocenters. The molecule has 0 radical (unpaired) electrons. The number of hydrogen-bond donors (Lipinski definition) is 2. The number of amides is 1. The van der Waals surface area contributed by atoms with Gasteiger partial charge in [0.1, 0.15) is 5.75 Å². The molecule has 110 valence electrons. The summed E-state index contributed by atoms with van der Waals surface area (Å²) in [5.41, 5.74) is 3.18. The van der Waals surface area contributed by atoms with E-state index in [2.05, 4.69) is 4.99 Å². The molecular formula is C17H14N2O3. The maximum Gasteiger partial charge on any atom is 0.261 e. The van der Waals surface area contributed by atoms with Crippen molar-refractivity contribution in [3.63, 3.8) is 0 Å². The van der Waals surface area contributed by atoms with Gasteiger partial charge in [0.15, 0.2) is 0 Å². The minimum atomic E-state index is -0.323. The molecule has 22 heavy (non-hydrogen) atoms. The lowest BCUT2D eigenvalue weighted by Crippen LogP contribution is -2.37. The van der Waals surface area contributed by atoms with Crippen molar-refractivity contribution in [1.82, 2.24) is 0 Å². The first kappa shape index (κ1) is 13.0. The van der Waals surface area contributed by atoms with Crippen molar-refractivity contribution in [2.75, 3.05) is 4.90 Å². The number of aliphatic hydroxyl groups is 1. The van der Waals surface area contributed by atoms with Crippen LogP contribution in [0.3, 0.4) is 0 Å². The zero-order valence-corrected chi connectivity index (χ0v) is 11.7. The number of aliphatic hydroxyl groups excluding tert-OH is 1. The van der Waals surface area contributed by atoms with Gasteiger partial charge < -0.3 is 10.2 Å². The number of aliphatic imine (C=N–C) groups is 1. The van der Waals surface area contributed by atoms with Gasteiger partial charge in [0.05, 0.1) is 23.9 Å². The van der Waals surface area contributed by atoms with E-state index in [1.54, 1.807) is 11.1 Å². The predicted octanol–water partition coefficient (Wildman–Crippen LogP) is 2.17. The Hall–Kier alpha value is -2.66. The van der Waals surface area contributed by atoms with Crippen LogP contribution in [0.5, 0.6) is 5.75 Å². The van der Waals surface area contributed by atoms with Gasteiger partial charge in [-0.1, -0.05) is 18.2 Å². The maximum absolute atomic E-state index is 12.9. The van der Waals surface area contributed by atoms with E-state index in [-0.39, 0.29) is 24.3 Å². The first-order valence-corrected chi connectivity index (χ1v) is 7.11. The lowest BCUT2D eigenvalue weighted by Gasteiger charge is -2.21. The third kappa shape index (κ3) is 1.76. The normalized spacial score (nSPS) is 18.7. The van der Waals surface area contributed by atoms with Crippen molar-refractivity contribution < 1.29 is 15.0 Å². The Balaban J connectivity index is 1.88. The van der Waals surface area contributed by atoms with Crippen LogP contribution in [-0.2, 0) is 13.0 Å². The summed E-state index contributed by atoms with van der Waals surface area (Å²) in [5, 5.41) is 19.1. The lowest BCUT2D eigenvalue weighted by molar-refractivity contribution is 0.0987. The van der Waals surface area contributed by atoms with Crippen molar-refractivity contribution >= 4 is 23.5 Å². The number of nitrogens with zero attached hydrogens (tertiary/aromatic N) is 2. The summed E-state index contributed by atoms with van der Waals surface area (Å²) in [5.74, 6) is -0.203.